The number of hydrogen-bond acceptors (Lipinski definition) is 3. The zero-order chi connectivity index (χ0) is 18.0. The Bertz CT molecular complexity index is 664. The number of alkyl halides is 2. The van der Waals surface area contributed by atoms with Gasteiger partial charge in [-0.3, -0.25) is 0 Å². The molecule has 3 fully saturated rings. The number of rotatable bonds is 1. The lowest BCUT2D eigenvalue weighted by atomic mass is 9.75. The first-order valence-corrected chi connectivity index (χ1v) is 10.2. The van der Waals surface area contributed by atoms with Crippen LogP contribution in [0.5, 0.6) is 0 Å². The normalized spacial score (nSPS) is 52.0. The molecule has 5 rings (SSSR count). The first kappa shape index (κ1) is 17.6. The third kappa shape index (κ3) is 1.70. The van der Waals surface area contributed by atoms with E-state index in [2.05, 4.69) is 32.9 Å². The molecule has 25 heavy (non-hydrogen) atoms. The van der Waals surface area contributed by atoms with E-state index in [1.54, 1.807) is 0 Å². The maximum absolute atomic E-state index is 7.23. The first-order chi connectivity index (χ1) is 11.6. The molecule has 138 valence electrons. The van der Waals surface area contributed by atoms with Gasteiger partial charge in [-0.15, -0.1) is 23.2 Å². The van der Waals surface area contributed by atoms with Crippen molar-refractivity contribution in [3.05, 3.63) is 22.2 Å². The molecule has 7 heteroatoms. The van der Waals surface area contributed by atoms with Crippen molar-refractivity contribution in [2.45, 2.75) is 48.0 Å². The maximum atomic E-state index is 7.23. The summed E-state index contributed by atoms with van der Waals surface area (Å²) in [6, 6.07) is 0. The summed E-state index contributed by atoms with van der Waals surface area (Å²) in [6.45, 7) is 7.05. The van der Waals surface area contributed by atoms with E-state index in [1.165, 1.54) is 0 Å². The molecular weight excluding hydrogens is 406 g/mol. The second-order valence-corrected chi connectivity index (χ2v) is 10.6. The Morgan fingerprint density at radius 3 is 1.80 bits per heavy atom. The van der Waals surface area contributed by atoms with Crippen molar-refractivity contribution in [2.75, 3.05) is 13.2 Å². The third-order valence-electron chi connectivity index (χ3n) is 6.42. The lowest BCUT2D eigenvalue weighted by molar-refractivity contribution is -0.180. The second-order valence-electron chi connectivity index (χ2n) is 8.65. The summed E-state index contributed by atoms with van der Waals surface area (Å²) in [4.78, 5) is -2.17. The van der Waals surface area contributed by atoms with Crippen LogP contribution in [0, 0.1) is 23.7 Å². The molecule has 0 amide bonds. The Morgan fingerprint density at radius 1 is 0.960 bits per heavy atom. The van der Waals surface area contributed by atoms with Crippen molar-refractivity contribution in [3.8, 4) is 0 Å². The van der Waals surface area contributed by atoms with Crippen LogP contribution in [-0.2, 0) is 14.2 Å². The summed E-state index contributed by atoms with van der Waals surface area (Å²) in [5, 5.41) is 0.730. The molecule has 0 N–H and O–H groups in total. The zero-order valence-corrected chi connectivity index (χ0v) is 17.2. The molecule has 4 aliphatic carbocycles. The molecule has 0 aromatic rings. The van der Waals surface area contributed by atoms with Crippen molar-refractivity contribution in [3.63, 3.8) is 0 Å². The van der Waals surface area contributed by atoms with Crippen LogP contribution in [-0.4, -0.2) is 40.5 Å². The van der Waals surface area contributed by atoms with Gasteiger partial charge in [-0.25, -0.2) is 0 Å². The Morgan fingerprint density at radius 2 is 1.40 bits per heavy atom. The van der Waals surface area contributed by atoms with Crippen LogP contribution >= 0.6 is 46.4 Å². The minimum Gasteiger partial charge on any atom is -0.371 e. The van der Waals surface area contributed by atoms with E-state index in [9.17, 15) is 0 Å². The fraction of sp³-hybridized carbons (Fsp3) is 0.778. The highest BCUT2D eigenvalue weighted by Crippen LogP contribution is 2.80. The van der Waals surface area contributed by atoms with Crippen LogP contribution in [0.2, 0.25) is 0 Å². The lowest BCUT2D eigenvalue weighted by Crippen LogP contribution is -2.57. The van der Waals surface area contributed by atoms with E-state index in [-0.39, 0.29) is 35.4 Å². The minimum absolute atomic E-state index is 0.0111. The topological polar surface area (TPSA) is 27.7 Å². The molecule has 2 saturated carbocycles. The highest BCUT2D eigenvalue weighted by atomic mass is 35.5. The number of halogens is 4. The molecule has 0 unspecified atom stereocenters. The van der Waals surface area contributed by atoms with Gasteiger partial charge in [-0.05, 0) is 20.8 Å². The third-order valence-corrected chi connectivity index (χ3v) is 9.07. The minimum atomic E-state index is -1.21. The predicted molar refractivity (Wildman–Crippen MR) is 98.3 cm³/mol. The van der Waals surface area contributed by atoms with Gasteiger partial charge in [0.05, 0.1) is 35.0 Å². The number of fused-ring (bicyclic) bond motifs is 7. The molecule has 1 heterocycles. The fourth-order valence-corrected chi connectivity index (χ4v) is 8.10. The second kappa shape index (κ2) is 4.92. The van der Waals surface area contributed by atoms with Crippen LogP contribution < -0.4 is 0 Å². The van der Waals surface area contributed by atoms with Gasteiger partial charge in [0.2, 0.25) is 5.79 Å². The van der Waals surface area contributed by atoms with E-state index in [1.807, 2.05) is 0 Å². The summed E-state index contributed by atoms with van der Waals surface area (Å²) in [7, 11) is 0. The van der Waals surface area contributed by atoms with E-state index >= 15 is 0 Å². The summed E-state index contributed by atoms with van der Waals surface area (Å²) in [6.07, 6.45) is 4.39. The molecular formula is C18H20Cl4O3. The molecule has 1 aliphatic heterocycles. The SMILES string of the molecule is CC(C)(C)OC1[C@@H]2C=C[C@@H]1[C@@H]1[C@@H]2[C@]2(Cl)C(Cl)=C(Cl)[C@]1(Cl)C21OCCO1. The number of ether oxygens (including phenoxy) is 3. The van der Waals surface area contributed by atoms with Crippen molar-refractivity contribution < 1.29 is 14.2 Å². The highest BCUT2D eigenvalue weighted by Gasteiger charge is 2.89. The van der Waals surface area contributed by atoms with E-state index in [0.717, 1.165) is 0 Å². The summed E-state index contributed by atoms with van der Waals surface area (Å²) in [5.74, 6) is -1.07. The van der Waals surface area contributed by atoms with Crippen molar-refractivity contribution in [2.24, 2.45) is 23.7 Å². The molecule has 4 bridgehead atoms. The Hall–Kier alpha value is 0.520. The van der Waals surface area contributed by atoms with Crippen LogP contribution in [0.3, 0.4) is 0 Å². The summed E-state index contributed by atoms with van der Waals surface area (Å²) in [5.41, 5.74) is -0.261. The summed E-state index contributed by atoms with van der Waals surface area (Å²) < 4.78 is 18.5. The smallest absolute Gasteiger partial charge is 0.218 e. The predicted octanol–water partition coefficient (Wildman–Crippen LogP) is 4.63. The van der Waals surface area contributed by atoms with Gasteiger partial charge in [0.1, 0.15) is 9.75 Å². The maximum Gasteiger partial charge on any atom is 0.218 e. The Balaban J connectivity index is 1.66. The monoisotopic (exact) mass is 424 g/mol. The van der Waals surface area contributed by atoms with Crippen LogP contribution in [0.1, 0.15) is 20.8 Å². The number of hydrogen-bond donors (Lipinski definition) is 0. The molecule has 1 saturated heterocycles. The average Bonchev–Trinajstić information content (AvgIpc) is 3.28. The van der Waals surface area contributed by atoms with Gasteiger partial charge >= 0.3 is 0 Å². The summed E-state index contributed by atoms with van der Waals surface area (Å²) >= 11 is 27.8. The van der Waals surface area contributed by atoms with Gasteiger partial charge in [0.25, 0.3) is 0 Å². The molecule has 0 aromatic carbocycles. The van der Waals surface area contributed by atoms with Crippen LogP contribution in [0.25, 0.3) is 0 Å². The molecule has 3 nitrogen and oxygen atoms in total. The molecule has 0 radical (unpaired) electrons. The molecule has 0 aromatic heterocycles. The largest absolute Gasteiger partial charge is 0.371 e. The first-order valence-electron chi connectivity index (χ1n) is 8.68. The van der Waals surface area contributed by atoms with Crippen molar-refractivity contribution in [1.29, 1.82) is 0 Å². The molecule has 5 aliphatic rings. The van der Waals surface area contributed by atoms with Gasteiger partial charge < -0.3 is 14.2 Å². The lowest BCUT2D eigenvalue weighted by Gasteiger charge is -2.41. The van der Waals surface area contributed by atoms with E-state index in [0.29, 0.717) is 23.3 Å². The fourth-order valence-electron chi connectivity index (χ4n) is 5.89. The standard InChI is InChI=1S/C18H20Cl4O3/c1-15(2,3)25-12-8-4-5-9(12)11-10(8)16(21)13(19)14(20)17(11,22)18(16)23-6-7-24-18/h4-5,8-12H,6-7H2,1-3H3/t8-,9-,10-,11-,16+,17+/m1/s1. The van der Waals surface area contributed by atoms with Crippen LogP contribution in [0.15, 0.2) is 22.2 Å². The highest BCUT2D eigenvalue weighted by molar-refractivity contribution is 6.52. The van der Waals surface area contributed by atoms with E-state index in [4.69, 9.17) is 60.6 Å². The van der Waals surface area contributed by atoms with Gasteiger partial charge in [0.15, 0.2) is 0 Å². The molecule has 6 atom stereocenters. The average molecular weight is 426 g/mol. The Labute approximate surface area is 167 Å². The Kier molecular flexibility index (Phi) is 3.46. The van der Waals surface area contributed by atoms with Crippen molar-refractivity contribution in [1.82, 2.24) is 0 Å². The quantitative estimate of drug-likeness (QED) is 0.452. The van der Waals surface area contributed by atoms with Gasteiger partial charge in [0, 0.05) is 23.7 Å². The molecule has 1 spiro atoms. The van der Waals surface area contributed by atoms with E-state index < -0.39 is 15.5 Å². The van der Waals surface area contributed by atoms with Crippen LogP contribution in [0.4, 0.5) is 0 Å². The van der Waals surface area contributed by atoms with Crippen molar-refractivity contribution >= 4 is 46.4 Å². The van der Waals surface area contributed by atoms with Gasteiger partial charge in [-0.1, -0.05) is 35.4 Å². The van der Waals surface area contributed by atoms with Gasteiger partial charge in [-0.2, -0.15) is 0 Å². The zero-order valence-electron chi connectivity index (χ0n) is 14.2.